The van der Waals surface area contributed by atoms with Crippen molar-refractivity contribution in [2.45, 2.75) is 32.0 Å². The number of esters is 1. The van der Waals surface area contributed by atoms with Crippen molar-refractivity contribution in [2.24, 2.45) is 0 Å². The highest BCUT2D eigenvalue weighted by Gasteiger charge is 2.42. The van der Waals surface area contributed by atoms with E-state index in [9.17, 15) is 4.79 Å². The molecule has 2 aromatic heterocycles. The lowest BCUT2D eigenvalue weighted by Gasteiger charge is -2.29. The topological polar surface area (TPSA) is 67.6 Å². The number of aromatic nitrogens is 1. The summed E-state index contributed by atoms with van der Waals surface area (Å²) >= 11 is 5.63. The molecule has 1 saturated heterocycles. The van der Waals surface area contributed by atoms with E-state index in [0.29, 0.717) is 22.0 Å². The fourth-order valence-corrected chi connectivity index (χ4v) is 4.32. The van der Waals surface area contributed by atoms with Gasteiger partial charge in [0.05, 0.1) is 24.4 Å². The van der Waals surface area contributed by atoms with Crippen LogP contribution < -0.4 is 5.32 Å². The number of carbonyl (C=O) groups is 1. The van der Waals surface area contributed by atoms with Crippen LogP contribution in [0, 0.1) is 0 Å². The van der Waals surface area contributed by atoms with Crippen LogP contribution in [-0.4, -0.2) is 34.1 Å². The van der Waals surface area contributed by atoms with E-state index in [-0.39, 0.29) is 18.1 Å². The Kier molecular flexibility index (Phi) is 5.55. The Balaban J connectivity index is 1.77. The molecule has 0 radical (unpaired) electrons. The van der Waals surface area contributed by atoms with Gasteiger partial charge in [-0.3, -0.25) is 4.98 Å². The summed E-state index contributed by atoms with van der Waals surface area (Å²) in [6.07, 6.45) is 1.77. The van der Waals surface area contributed by atoms with Gasteiger partial charge in [0.1, 0.15) is 17.6 Å². The first-order valence-electron chi connectivity index (χ1n) is 9.78. The molecule has 0 spiro atoms. The first kappa shape index (κ1) is 20.1. The van der Waals surface area contributed by atoms with Gasteiger partial charge < -0.3 is 19.4 Å². The van der Waals surface area contributed by atoms with Crippen molar-refractivity contribution in [3.05, 3.63) is 77.8 Å². The van der Waals surface area contributed by atoms with E-state index in [4.69, 9.17) is 21.4 Å². The first-order chi connectivity index (χ1) is 14.5. The van der Waals surface area contributed by atoms with Crippen LogP contribution in [-0.2, 0) is 4.74 Å². The predicted molar refractivity (Wildman–Crippen MR) is 118 cm³/mol. The third kappa shape index (κ3) is 3.57. The molecule has 0 amide bonds. The highest BCUT2D eigenvalue weighted by atomic mass is 32.1. The molecule has 0 bridgehead atoms. The number of pyridine rings is 1. The van der Waals surface area contributed by atoms with E-state index in [1.54, 1.807) is 18.3 Å². The van der Waals surface area contributed by atoms with Crippen LogP contribution in [0.5, 0.6) is 0 Å². The number of thiocarbonyl (C=S) groups is 1. The Morgan fingerprint density at radius 1 is 1.17 bits per heavy atom. The van der Waals surface area contributed by atoms with Gasteiger partial charge >= 0.3 is 5.97 Å². The maximum atomic E-state index is 12.2. The van der Waals surface area contributed by atoms with E-state index in [0.717, 1.165) is 11.5 Å². The summed E-state index contributed by atoms with van der Waals surface area (Å²) in [5.74, 6) is 0.955. The molecule has 154 valence electrons. The summed E-state index contributed by atoms with van der Waals surface area (Å²) in [6, 6.07) is 16.8. The number of methoxy groups -OCH3 is 1. The number of carbonyl (C=O) groups excluding carboxylic acids is 1. The van der Waals surface area contributed by atoms with Crippen LogP contribution in [0.3, 0.4) is 0 Å². The van der Waals surface area contributed by atoms with Crippen LogP contribution >= 0.6 is 12.2 Å². The number of nitrogens with zero attached hydrogens (tertiary/aromatic N) is 2. The summed E-state index contributed by atoms with van der Waals surface area (Å²) < 4.78 is 11.2. The van der Waals surface area contributed by atoms with Gasteiger partial charge in [-0.15, -0.1) is 0 Å². The molecule has 7 heteroatoms. The van der Waals surface area contributed by atoms with Crippen LogP contribution in [0.25, 0.3) is 11.3 Å². The molecule has 3 heterocycles. The van der Waals surface area contributed by atoms with Crippen LogP contribution in [0.4, 0.5) is 0 Å². The molecule has 1 N–H and O–H groups in total. The molecule has 0 unspecified atom stereocenters. The van der Waals surface area contributed by atoms with Crippen molar-refractivity contribution < 1.29 is 13.9 Å². The predicted octanol–water partition coefficient (Wildman–Crippen LogP) is 4.51. The molecule has 30 heavy (non-hydrogen) atoms. The number of furan rings is 1. The number of rotatable bonds is 5. The minimum atomic E-state index is -0.401. The summed E-state index contributed by atoms with van der Waals surface area (Å²) in [7, 11) is 1.37. The Morgan fingerprint density at radius 3 is 2.63 bits per heavy atom. The zero-order chi connectivity index (χ0) is 21.3. The van der Waals surface area contributed by atoms with Crippen molar-refractivity contribution in [2.75, 3.05) is 7.11 Å². The van der Waals surface area contributed by atoms with E-state index in [2.05, 4.69) is 29.0 Å². The maximum absolute atomic E-state index is 12.2. The average Bonchev–Trinajstić information content (AvgIpc) is 3.38. The Bertz CT molecular complexity index is 1060. The van der Waals surface area contributed by atoms with Crippen molar-refractivity contribution >= 4 is 23.3 Å². The fraction of sp³-hybridized carbons (Fsp3) is 0.261. The third-order valence-electron chi connectivity index (χ3n) is 5.21. The van der Waals surface area contributed by atoms with Crippen LogP contribution in [0.15, 0.2) is 65.2 Å². The van der Waals surface area contributed by atoms with E-state index in [1.807, 2.05) is 42.5 Å². The Hall–Kier alpha value is -3.19. The third-order valence-corrected chi connectivity index (χ3v) is 5.54. The lowest BCUT2D eigenvalue weighted by molar-refractivity contribution is 0.0601. The molecule has 4 rings (SSSR count). The van der Waals surface area contributed by atoms with Gasteiger partial charge in [0.2, 0.25) is 0 Å². The lowest BCUT2D eigenvalue weighted by atomic mass is 10.0. The number of nitrogens with one attached hydrogen (secondary N) is 1. The second-order valence-corrected chi connectivity index (χ2v) is 7.75. The second-order valence-electron chi connectivity index (χ2n) is 7.37. The zero-order valence-electron chi connectivity index (χ0n) is 17.0. The summed E-state index contributed by atoms with van der Waals surface area (Å²) in [5, 5.41) is 4.06. The molecule has 1 aromatic carbocycles. The van der Waals surface area contributed by atoms with Gasteiger partial charge in [0, 0.05) is 17.8 Å². The van der Waals surface area contributed by atoms with E-state index >= 15 is 0 Å². The van der Waals surface area contributed by atoms with Gasteiger partial charge in [0.25, 0.3) is 0 Å². The summed E-state index contributed by atoms with van der Waals surface area (Å²) in [4.78, 5) is 18.8. The highest BCUT2D eigenvalue weighted by Crippen LogP contribution is 2.41. The Morgan fingerprint density at radius 2 is 1.93 bits per heavy atom. The average molecular weight is 422 g/mol. The Labute approximate surface area is 180 Å². The van der Waals surface area contributed by atoms with E-state index < -0.39 is 5.97 Å². The standard InChI is InChI=1S/C23H23N3O3S/c1-14(2)26-21(20(25-23(26)30)17-10-6-7-13-24-17)19-12-11-18(29-19)15-8-4-5-9-16(15)22(27)28-3/h4-14,20-21H,1-3H3,(H,25,30)/t20-,21-/m0/s1. The lowest BCUT2D eigenvalue weighted by Crippen LogP contribution is -2.35. The minimum Gasteiger partial charge on any atom is -0.465 e. The molecule has 2 atom stereocenters. The fourth-order valence-electron chi connectivity index (χ4n) is 3.87. The van der Waals surface area contributed by atoms with Crippen molar-refractivity contribution in [3.8, 4) is 11.3 Å². The first-order valence-corrected chi connectivity index (χ1v) is 10.2. The largest absolute Gasteiger partial charge is 0.465 e. The molecule has 0 saturated carbocycles. The molecule has 1 aliphatic heterocycles. The molecule has 1 aliphatic rings. The monoisotopic (exact) mass is 421 g/mol. The summed E-state index contributed by atoms with van der Waals surface area (Å²) in [5.41, 5.74) is 2.04. The van der Waals surface area contributed by atoms with Gasteiger partial charge in [-0.2, -0.15) is 0 Å². The molecule has 6 nitrogen and oxygen atoms in total. The second kappa shape index (κ2) is 8.28. The van der Waals surface area contributed by atoms with Gasteiger partial charge in [-0.05, 0) is 56.4 Å². The summed E-state index contributed by atoms with van der Waals surface area (Å²) in [6.45, 7) is 4.19. The molecule has 0 aliphatic carbocycles. The van der Waals surface area contributed by atoms with Gasteiger partial charge in [-0.25, -0.2) is 4.79 Å². The van der Waals surface area contributed by atoms with Gasteiger partial charge in [0.15, 0.2) is 5.11 Å². The van der Waals surface area contributed by atoms with Crippen molar-refractivity contribution in [1.82, 2.24) is 15.2 Å². The number of hydrogen-bond donors (Lipinski definition) is 1. The van der Waals surface area contributed by atoms with Crippen molar-refractivity contribution in [1.29, 1.82) is 0 Å². The zero-order valence-corrected chi connectivity index (χ0v) is 17.8. The minimum absolute atomic E-state index is 0.143. The van der Waals surface area contributed by atoms with Crippen LogP contribution in [0.1, 0.15) is 47.7 Å². The molecule has 1 fully saturated rings. The normalized spacial score (nSPS) is 18.5. The highest BCUT2D eigenvalue weighted by molar-refractivity contribution is 7.80. The number of benzene rings is 1. The van der Waals surface area contributed by atoms with Gasteiger partial charge in [-0.1, -0.05) is 24.3 Å². The SMILES string of the molecule is COC(=O)c1ccccc1-c1ccc([C@H]2[C@H](c3ccccn3)NC(=S)N2C(C)C)o1. The van der Waals surface area contributed by atoms with Crippen LogP contribution in [0.2, 0.25) is 0 Å². The molecular weight excluding hydrogens is 398 g/mol. The van der Waals surface area contributed by atoms with Crippen molar-refractivity contribution in [3.63, 3.8) is 0 Å². The number of hydrogen-bond acceptors (Lipinski definition) is 5. The van der Waals surface area contributed by atoms with E-state index in [1.165, 1.54) is 7.11 Å². The number of ether oxygens (including phenoxy) is 1. The smallest absolute Gasteiger partial charge is 0.338 e. The quantitative estimate of drug-likeness (QED) is 0.480. The molecular formula is C23H23N3O3S. The maximum Gasteiger partial charge on any atom is 0.338 e. The molecule has 3 aromatic rings.